The number of hydrogen-bond acceptors (Lipinski definition) is 2. The van der Waals surface area contributed by atoms with E-state index in [-0.39, 0.29) is 11.6 Å². The van der Waals surface area contributed by atoms with Crippen LogP contribution >= 0.6 is 0 Å². The molecule has 1 aromatic carbocycles. The second-order valence-corrected chi connectivity index (χ2v) is 3.47. The Kier molecular flexibility index (Phi) is 2.36. The van der Waals surface area contributed by atoms with Crippen LogP contribution < -0.4 is 10.5 Å². The zero-order valence-corrected chi connectivity index (χ0v) is 8.75. The van der Waals surface area contributed by atoms with E-state index in [1.165, 1.54) is 13.2 Å². The summed E-state index contributed by atoms with van der Waals surface area (Å²) in [6.45, 7) is 0.437. The largest absolute Gasteiger partial charge is 0.494 e. The van der Waals surface area contributed by atoms with Crippen molar-refractivity contribution in [2.75, 3.05) is 7.11 Å². The standard InChI is InChI=1S/C11H13FN2O/c1-14-6-7(5-13)8-3-11(15-2)9(12)4-10(8)14/h3-4,6H,5,13H2,1-2H3. The number of aryl methyl sites for hydroxylation is 1. The summed E-state index contributed by atoms with van der Waals surface area (Å²) >= 11 is 0. The lowest BCUT2D eigenvalue weighted by Crippen LogP contribution is -1.94. The molecule has 3 nitrogen and oxygen atoms in total. The smallest absolute Gasteiger partial charge is 0.167 e. The number of aromatic nitrogens is 1. The third-order valence-corrected chi connectivity index (χ3v) is 2.57. The van der Waals surface area contributed by atoms with Crippen LogP contribution in [0.1, 0.15) is 5.56 Å². The van der Waals surface area contributed by atoms with Crippen LogP contribution in [-0.4, -0.2) is 11.7 Å². The van der Waals surface area contributed by atoms with Crippen molar-refractivity contribution in [2.24, 2.45) is 12.8 Å². The first kappa shape index (κ1) is 9.98. The Balaban J connectivity index is 2.77. The molecule has 0 unspecified atom stereocenters. The van der Waals surface area contributed by atoms with Crippen LogP contribution in [0.15, 0.2) is 18.3 Å². The molecule has 0 saturated carbocycles. The second kappa shape index (κ2) is 3.55. The van der Waals surface area contributed by atoms with Gasteiger partial charge in [-0.2, -0.15) is 0 Å². The second-order valence-electron chi connectivity index (χ2n) is 3.47. The van der Waals surface area contributed by atoms with Crippen molar-refractivity contribution < 1.29 is 9.13 Å². The van der Waals surface area contributed by atoms with Gasteiger partial charge in [0.05, 0.1) is 12.6 Å². The molecule has 2 N–H and O–H groups in total. The van der Waals surface area contributed by atoms with Gasteiger partial charge in [0, 0.05) is 31.2 Å². The first-order chi connectivity index (χ1) is 7.17. The summed E-state index contributed by atoms with van der Waals surface area (Å²) in [7, 11) is 3.32. The van der Waals surface area contributed by atoms with Gasteiger partial charge in [-0.05, 0) is 11.6 Å². The summed E-state index contributed by atoms with van der Waals surface area (Å²) in [5.74, 6) is -0.0989. The number of nitrogens with two attached hydrogens (primary N) is 1. The number of nitrogens with zero attached hydrogens (tertiary/aromatic N) is 1. The minimum atomic E-state index is -0.352. The minimum Gasteiger partial charge on any atom is -0.494 e. The number of benzene rings is 1. The Morgan fingerprint density at radius 1 is 1.47 bits per heavy atom. The van der Waals surface area contributed by atoms with Crippen LogP contribution in [0.25, 0.3) is 10.9 Å². The first-order valence-corrected chi connectivity index (χ1v) is 4.69. The molecule has 2 aromatic rings. The predicted molar refractivity (Wildman–Crippen MR) is 57.3 cm³/mol. The zero-order valence-electron chi connectivity index (χ0n) is 8.75. The summed E-state index contributed by atoms with van der Waals surface area (Å²) in [6.07, 6.45) is 1.91. The monoisotopic (exact) mass is 208 g/mol. The number of methoxy groups -OCH3 is 1. The fraction of sp³-hybridized carbons (Fsp3) is 0.273. The summed E-state index contributed by atoms with van der Waals surface area (Å²) in [5, 5.41) is 0.943. The molecule has 0 fully saturated rings. The van der Waals surface area contributed by atoms with Crippen molar-refractivity contribution in [2.45, 2.75) is 6.54 Å². The molecule has 0 aliphatic heterocycles. The van der Waals surface area contributed by atoms with Crippen molar-refractivity contribution in [3.63, 3.8) is 0 Å². The van der Waals surface area contributed by atoms with E-state index in [2.05, 4.69) is 0 Å². The maximum atomic E-state index is 13.4. The lowest BCUT2D eigenvalue weighted by Gasteiger charge is -2.03. The molecule has 0 aliphatic carbocycles. The van der Waals surface area contributed by atoms with Crippen molar-refractivity contribution in [1.82, 2.24) is 4.57 Å². The van der Waals surface area contributed by atoms with E-state index in [1.54, 1.807) is 6.07 Å². The summed E-state index contributed by atoms with van der Waals surface area (Å²) in [4.78, 5) is 0. The maximum Gasteiger partial charge on any atom is 0.167 e. The average molecular weight is 208 g/mol. The molecule has 0 amide bonds. The van der Waals surface area contributed by atoms with Crippen LogP contribution in [0, 0.1) is 5.82 Å². The molecule has 0 aliphatic rings. The summed E-state index contributed by atoms with van der Waals surface area (Å²) in [6, 6.07) is 3.15. The van der Waals surface area contributed by atoms with Gasteiger partial charge in [-0.25, -0.2) is 4.39 Å². The number of ether oxygens (including phenoxy) is 1. The molecule has 80 valence electrons. The Labute approximate surface area is 87.2 Å². The fourth-order valence-corrected chi connectivity index (χ4v) is 1.78. The minimum absolute atomic E-state index is 0.253. The zero-order chi connectivity index (χ0) is 11.0. The van der Waals surface area contributed by atoms with E-state index in [4.69, 9.17) is 10.5 Å². The lowest BCUT2D eigenvalue weighted by molar-refractivity contribution is 0.387. The number of halogens is 1. The molecule has 0 spiro atoms. The van der Waals surface area contributed by atoms with Gasteiger partial charge >= 0.3 is 0 Å². The molecule has 1 heterocycles. The molecule has 15 heavy (non-hydrogen) atoms. The Hall–Kier alpha value is -1.55. The predicted octanol–water partition coefficient (Wildman–Crippen LogP) is 1.78. The fourth-order valence-electron chi connectivity index (χ4n) is 1.78. The third-order valence-electron chi connectivity index (χ3n) is 2.57. The van der Waals surface area contributed by atoms with Gasteiger partial charge < -0.3 is 15.0 Å². The molecule has 0 atom stereocenters. The maximum absolute atomic E-state index is 13.4. The highest BCUT2D eigenvalue weighted by atomic mass is 19.1. The van der Waals surface area contributed by atoms with E-state index in [1.807, 2.05) is 17.8 Å². The van der Waals surface area contributed by atoms with E-state index in [0.717, 1.165) is 16.5 Å². The molecule has 4 heteroatoms. The highest BCUT2D eigenvalue weighted by molar-refractivity contribution is 5.85. The van der Waals surface area contributed by atoms with Gasteiger partial charge in [-0.1, -0.05) is 0 Å². The van der Waals surface area contributed by atoms with Crippen LogP contribution in [0.5, 0.6) is 5.75 Å². The van der Waals surface area contributed by atoms with Crippen molar-refractivity contribution in [3.05, 3.63) is 29.7 Å². The van der Waals surface area contributed by atoms with Gasteiger partial charge in [-0.15, -0.1) is 0 Å². The SMILES string of the molecule is COc1cc2c(CN)cn(C)c2cc1F. The lowest BCUT2D eigenvalue weighted by atomic mass is 10.1. The number of fused-ring (bicyclic) bond motifs is 1. The van der Waals surface area contributed by atoms with Gasteiger partial charge in [-0.3, -0.25) is 0 Å². The van der Waals surface area contributed by atoms with Gasteiger partial charge in [0.1, 0.15) is 0 Å². The Morgan fingerprint density at radius 2 is 2.20 bits per heavy atom. The van der Waals surface area contributed by atoms with Crippen LogP contribution in [-0.2, 0) is 13.6 Å². The van der Waals surface area contributed by atoms with Gasteiger partial charge in [0.2, 0.25) is 0 Å². The molecular formula is C11H13FN2O. The molecule has 2 rings (SSSR count). The Morgan fingerprint density at radius 3 is 2.80 bits per heavy atom. The van der Waals surface area contributed by atoms with Crippen molar-refractivity contribution in [3.8, 4) is 5.75 Å². The molecule has 0 bridgehead atoms. The van der Waals surface area contributed by atoms with Crippen molar-refractivity contribution in [1.29, 1.82) is 0 Å². The summed E-state index contributed by atoms with van der Waals surface area (Å²) < 4.78 is 20.2. The van der Waals surface area contributed by atoms with E-state index in [0.29, 0.717) is 6.54 Å². The highest BCUT2D eigenvalue weighted by Gasteiger charge is 2.10. The molecule has 0 radical (unpaired) electrons. The number of rotatable bonds is 2. The molecule has 1 aromatic heterocycles. The summed E-state index contributed by atoms with van der Waals surface area (Å²) in [5.41, 5.74) is 7.43. The molecule has 0 saturated heterocycles. The van der Waals surface area contributed by atoms with Crippen LogP contribution in [0.4, 0.5) is 4.39 Å². The van der Waals surface area contributed by atoms with Crippen molar-refractivity contribution >= 4 is 10.9 Å². The van der Waals surface area contributed by atoms with E-state index < -0.39 is 0 Å². The Bertz CT molecular complexity index is 505. The third kappa shape index (κ3) is 1.47. The topological polar surface area (TPSA) is 40.2 Å². The van der Waals surface area contributed by atoms with Gasteiger partial charge in [0.25, 0.3) is 0 Å². The average Bonchev–Trinajstić information content (AvgIpc) is 2.54. The number of hydrogen-bond donors (Lipinski definition) is 1. The van der Waals surface area contributed by atoms with E-state index >= 15 is 0 Å². The van der Waals surface area contributed by atoms with Crippen LogP contribution in [0.2, 0.25) is 0 Å². The van der Waals surface area contributed by atoms with E-state index in [9.17, 15) is 4.39 Å². The first-order valence-electron chi connectivity index (χ1n) is 4.69. The van der Waals surface area contributed by atoms with Crippen LogP contribution in [0.3, 0.4) is 0 Å². The highest BCUT2D eigenvalue weighted by Crippen LogP contribution is 2.27. The quantitative estimate of drug-likeness (QED) is 0.817. The molecular weight excluding hydrogens is 195 g/mol. The normalized spacial score (nSPS) is 10.9. The van der Waals surface area contributed by atoms with Gasteiger partial charge in [0.15, 0.2) is 11.6 Å².